The van der Waals surface area contributed by atoms with Gasteiger partial charge < -0.3 is 4.57 Å². The van der Waals surface area contributed by atoms with Crippen LogP contribution < -0.4 is 0 Å². The first-order chi connectivity index (χ1) is 25.5. The van der Waals surface area contributed by atoms with Crippen LogP contribution in [0, 0.1) is 0 Å². The van der Waals surface area contributed by atoms with Gasteiger partial charge in [-0.05, 0) is 46.5 Å². The van der Waals surface area contributed by atoms with Crippen molar-refractivity contribution in [3.63, 3.8) is 0 Å². The molecule has 0 atom stereocenters. The molecule has 9 rings (SSSR count). The zero-order chi connectivity index (χ0) is 37.0. The number of fused-ring (bicyclic) bond motifs is 3. The van der Waals surface area contributed by atoms with Crippen LogP contribution in [0.5, 0.6) is 0 Å². The number of para-hydroxylation sites is 1. The highest BCUT2D eigenvalue weighted by molar-refractivity contribution is 6.36. The average Bonchev–Trinajstić information content (AvgIpc) is 3.52. The van der Waals surface area contributed by atoms with Gasteiger partial charge in [-0.3, -0.25) is 0 Å². The molecule has 2 aromatic heterocycles. The topological polar surface area (TPSA) is 43.6 Å². The molecule has 0 saturated heterocycles. The standard InChI is InChI=1S/C39H24N4/c1-4-13-25(14-5-1)37-40-38(26-15-6-2-7-16-26)42-39(41-37)31-23-24-33-36-34(31)29-20-11-10-19-28(29)30-21-12-22-32(35(30)36)43(33)27-17-8-3-9-18-27/h1-24H/i1D,2D,4D,5D,6D,7D,13D,14D,15D,16D. The number of nitrogens with zero attached hydrogens (tertiary/aromatic N) is 4. The van der Waals surface area contributed by atoms with Crippen molar-refractivity contribution in [3.8, 4) is 39.9 Å². The minimum absolute atomic E-state index is 0.0234. The summed E-state index contributed by atoms with van der Waals surface area (Å²) in [6.07, 6.45) is 0. The van der Waals surface area contributed by atoms with Crippen molar-refractivity contribution in [1.29, 1.82) is 0 Å². The Balaban J connectivity index is 1.46. The van der Waals surface area contributed by atoms with Gasteiger partial charge in [0.1, 0.15) is 0 Å². The Morgan fingerprint density at radius 2 is 1.00 bits per heavy atom. The van der Waals surface area contributed by atoms with Crippen LogP contribution in [0.15, 0.2) is 145 Å². The van der Waals surface area contributed by atoms with Gasteiger partial charge in [0.25, 0.3) is 0 Å². The number of hydrogen-bond donors (Lipinski definition) is 0. The highest BCUT2D eigenvalue weighted by Crippen LogP contribution is 2.46. The van der Waals surface area contributed by atoms with E-state index < -0.39 is 60.4 Å². The minimum atomic E-state index is -0.598. The Kier molecular flexibility index (Phi) is 3.46. The van der Waals surface area contributed by atoms with E-state index in [0.717, 1.165) is 49.0 Å². The van der Waals surface area contributed by atoms with Crippen molar-refractivity contribution < 1.29 is 13.7 Å². The normalized spacial score (nSPS) is 15.0. The molecule has 0 aliphatic heterocycles. The van der Waals surface area contributed by atoms with Crippen LogP contribution in [0.25, 0.3) is 83.2 Å². The van der Waals surface area contributed by atoms with E-state index in [4.69, 9.17) is 23.7 Å². The zero-order valence-electron chi connectivity index (χ0n) is 32.4. The second-order valence-corrected chi connectivity index (χ2v) is 10.1. The van der Waals surface area contributed by atoms with E-state index in [-0.39, 0.29) is 28.6 Å². The fourth-order valence-electron chi connectivity index (χ4n) is 6.08. The molecular weight excluding hydrogens is 524 g/mol. The maximum absolute atomic E-state index is 8.73. The monoisotopic (exact) mass is 558 g/mol. The Morgan fingerprint density at radius 3 is 1.70 bits per heavy atom. The molecule has 0 radical (unpaired) electrons. The van der Waals surface area contributed by atoms with Crippen LogP contribution in [-0.4, -0.2) is 19.5 Å². The number of hydrogen-bond acceptors (Lipinski definition) is 3. The van der Waals surface area contributed by atoms with Crippen LogP contribution in [0.1, 0.15) is 13.7 Å². The Bertz CT molecular complexity index is 2870. The molecule has 0 unspecified atom stereocenters. The molecule has 7 aromatic carbocycles. The third-order valence-corrected chi connectivity index (χ3v) is 7.78. The smallest absolute Gasteiger partial charge is 0.164 e. The molecule has 0 aliphatic carbocycles. The summed E-state index contributed by atoms with van der Waals surface area (Å²) in [4.78, 5) is 14.0. The number of aromatic nitrogens is 4. The molecule has 0 N–H and O–H groups in total. The van der Waals surface area contributed by atoms with Crippen molar-refractivity contribution in [2.75, 3.05) is 0 Å². The predicted molar refractivity (Wildman–Crippen MR) is 177 cm³/mol. The molecule has 0 spiro atoms. The van der Waals surface area contributed by atoms with Gasteiger partial charge in [-0.25, -0.2) is 15.0 Å². The second kappa shape index (κ2) is 9.33. The van der Waals surface area contributed by atoms with Crippen LogP contribution in [0.3, 0.4) is 0 Å². The summed E-state index contributed by atoms with van der Waals surface area (Å²) < 4.78 is 86.8. The molecule has 0 bridgehead atoms. The lowest BCUT2D eigenvalue weighted by Gasteiger charge is -2.14. The van der Waals surface area contributed by atoms with Crippen molar-refractivity contribution in [2.45, 2.75) is 0 Å². The molecule has 0 aliphatic rings. The SMILES string of the molecule is [2H]c1c([2H])c([2H])c(-c2nc(-c3c([2H])c([2H])c([2H])c([2H])c3[2H])nc(-c3ccc4c5c3c3ccccc3c3cccc(c35)n4-c3ccccc3)n2)c([2H])c1[2H]. The van der Waals surface area contributed by atoms with Crippen molar-refractivity contribution in [1.82, 2.24) is 19.5 Å². The number of rotatable bonds is 4. The first kappa shape index (κ1) is 15.9. The highest BCUT2D eigenvalue weighted by Gasteiger charge is 2.23. The summed E-state index contributed by atoms with van der Waals surface area (Å²) in [5, 5.41) is 5.60. The third kappa shape index (κ3) is 3.60. The lowest BCUT2D eigenvalue weighted by molar-refractivity contribution is 1.08. The van der Waals surface area contributed by atoms with Crippen LogP contribution in [0.2, 0.25) is 0 Å². The van der Waals surface area contributed by atoms with Gasteiger partial charge in [0.05, 0.1) is 24.7 Å². The predicted octanol–water partition coefficient (Wildman–Crippen LogP) is 9.71. The van der Waals surface area contributed by atoms with E-state index in [0.29, 0.717) is 5.56 Å². The Labute approximate surface area is 261 Å². The first-order valence-corrected chi connectivity index (χ1v) is 13.7. The molecular formula is C39H24N4. The summed E-state index contributed by atoms with van der Waals surface area (Å²) in [7, 11) is 0. The van der Waals surface area contributed by atoms with Gasteiger partial charge in [0.2, 0.25) is 0 Å². The van der Waals surface area contributed by atoms with Gasteiger partial charge in [0.15, 0.2) is 17.5 Å². The van der Waals surface area contributed by atoms with Crippen molar-refractivity contribution in [2.24, 2.45) is 0 Å². The largest absolute Gasteiger partial charge is 0.309 e. The van der Waals surface area contributed by atoms with Gasteiger partial charge in [0, 0.05) is 38.5 Å². The summed E-state index contributed by atoms with van der Waals surface area (Å²) in [5.74, 6) is -0.592. The van der Waals surface area contributed by atoms with E-state index in [1.165, 1.54) is 0 Å². The molecule has 43 heavy (non-hydrogen) atoms. The minimum Gasteiger partial charge on any atom is -0.309 e. The fraction of sp³-hybridized carbons (Fsp3) is 0. The van der Waals surface area contributed by atoms with E-state index in [1.54, 1.807) is 0 Å². The van der Waals surface area contributed by atoms with E-state index in [1.807, 2.05) is 72.8 Å². The van der Waals surface area contributed by atoms with Gasteiger partial charge >= 0.3 is 0 Å². The molecule has 0 fully saturated rings. The second-order valence-electron chi connectivity index (χ2n) is 10.1. The van der Waals surface area contributed by atoms with E-state index >= 15 is 0 Å². The van der Waals surface area contributed by atoms with Crippen LogP contribution in [-0.2, 0) is 0 Å². The van der Waals surface area contributed by atoms with Crippen molar-refractivity contribution >= 4 is 43.4 Å². The molecule has 0 saturated carbocycles. The zero-order valence-corrected chi connectivity index (χ0v) is 22.4. The molecule has 4 heteroatoms. The van der Waals surface area contributed by atoms with E-state index in [9.17, 15) is 0 Å². The summed E-state index contributed by atoms with van der Waals surface area (Å²) in [6.45, 7) is 0. The van der Waals surface area contributed by atoms with Crippen LogP contribution in [0.4, 0.5) is 0 Å². The molecule has 2 heterocycles. The highest BCUT2D eigenvalue weighted by atomic mass is 15.0. The molecule has 200 valence electrons. The maximum atomic E-state index is 8.73. The maximum Gasteiger partial charge on any atom is 0.164 e. The van der Waals surface area contributed by atoms with Crippen LogP contribution >= 0.6 is 0 Å². The molecule has 9 aromatic rings. The van der Waals surface area contributed by atoms with Crippen molar-refractivity contribution in [3.05, 3.63) is 145 Å². The summed E-state index contributed by atoms with van der Waals surface area (Å²) in [5.41, 5.74) is 2.74. The average molecular weight is 559 g/mol. The summed E-state index contributed by atoms with van der Waals surface area (Å²) in [6, 6.07) is 22.1. The summed E-state index contributed by atoms with van der Waals surface area (Å²) >= 11 is 0. The lowest BCUT2D eigenvalue weighted by Crippen LogP contribution is -2.01. The van der Waals surface area contributed by atoms with E-state index in [2.05, 4.69) is 21.7 Å². The van der Waals surface area contributed by atoms with Gasteiger partial charge in [-0.1, -0.05) is 115 Å². The lowest BCUT2D eigenvalue weighted by atomic mass is 9.91. The first-order valence-electron chi connectivity index (χ1n) is 18.7. The Morgan fingerprint density at radius 1 is 0.442 bits per heavy atom. The molecule has 4 nitrogen and oxygen atoms in total. The number of benzene rings is 7. The van der Waals surface area contributed by atoms with Gasteiger partial charge in [-0.15, -0.1) is 0 Å². The quantitative estimate of drug-likeness (QED) is 0.202. The fourth-order valence-corrected chi connectivity index (χ4v) is 6.08. The Hall–Kier alpha value is -5.87. The molecule has 0 amide bonds. The van der Waals surface area contributed by atoms with Gasteiger partial charge in [-0.2, -0.15) is 0 Å². The third-order valence-electron chi connectivity index (χ3n) is 7.78.